The van der Waals surface area contributed by atoms with Crippen LogP contribution < -0.4 is 0 Å². The lowest BCUT2D eigenvalue weighted by Crippen LogP contribution is -2.62. The fraction of sp³-hybridized carbons (Fsp3) is 0.333. The Balaban J connectivity index is 1.52. The molecule has 0 N–H and O–H groups in total. The zero-order valence-corrected chi connectivity index (χ0v) is 29.3. The second-order valence-corrected chi connectivity index (χ2v) is 19.5. The van der Waals surface area contributed by atoms with E-state index < -0.39 is 48.3 Å². The van der Waals surface area contributed by atoms with Gasteiger partial charge in [0, 0.05) is 4.90 Å². The second-order valence-electron chi connectivity index (χ2n) is 12.3. The maximum absolute atomic E-state index is 13.8. The summed E-state index contributed by atoms with van der Waals surface area (Å²) in [6.07, 6.45) is -3.05. The molecule has 1 aliphatic heterocycles. The van der Waals surface area contributed by atoms with Crippen molar-refractivity contribution in [3.05, 3.63) is 132 Å². The topological polar surface area (TPSA) is 80.3 Å². The van der Waals surface area contributed by atoms with E-state index in [1.807, 2.05) is 97.9 Å². The van der Waals surface area contributed by atoms with E-state index in [2.05, 4.69) is 19.6 Å². The molecule has 0 saturated carbocycles. The highest BCUT2D eigenvalue weighted by molar-refractivity contribution is 7.99. The summed E-state index contributed by atoms with van der Waals surface area (Å²) in [5, 5.41) is 0. The lowest BCUT2D eigenvalue weighted by atomic mass is 10.00. The van der Waals surface area contributed by atoms with Gasteiger partial charge in [0.2, 0.25) is 0 Å². The summed E-state index contributed by atoms with van der Waals surface area (Å²) < 4.78 is 60.2. The third-order valence-electron chi connectivity index (χ3n) is 7.30. The van der Waals surface area contributed by atoms with Crippen molar-refractivity contribution in [3.63, 3.8) is 0 Å². The molecule has 1 fully saturated rings. The Morgan fingerprint density at radius 1 is 0.717 bits per heavy atom. The molecular weight excluding hydrogens is 637 g/mol. The second kappa shape index (κ2) is 15.9. The summed E-state index contributed by atoms with van der Waals surface area (Å²) >= 11 is 1.40. The minimum Gasteiger partial charge on any atom is -0.409 e. The molecule has 0 bridgehead atoms. The van der Waals surface area contributed by atoms with Gasteiger partial charge in [0.05, 0.1) is 24.7 Å². The van der Waals surface area contributed by atoms with Gasteiger partial charge in [0.25, 0.3) is 10.1 Å². The standard InChI is InChI=1S/C36H42O7S2Si/c1-27-20-22-31(23-21-27)45(37,38)42-35-34(40-25-29-16-10-6-11-17-29)33(43-46(2,3)4)32(26-39-24-28-14-8-5-9-15-28)41-36(35)44-30-18-12-7-13-19-30/h5-23,32-36H,24-26H2,1-4H3/t32-,33-,34+,35+,36+/m1/s1. The van der Waals surface area contributed by atoms with Crippen molar-refractivity contribution >= 4 is 30.2 Å². The predicted octanol–water partition coefficient (Wildman–Crippen LogP) is 7.61. The van der Waals surface area contributed by atoms with E-state index in [0.717, 1.165) is 21.6 Å². The van der Waals surface area contributed by atoms with Crippen LogP contribution in [0.1, 0.15) is 16.7 Å². The van der Waals surface area contributed by atoms with E-state index in [1.165, 1.54) is 11.8 Å². The van der Waals surface area contributed by atoms with E-state index in [0.29, 0.717) is 6.61 Å². The van der Waals surface area contributed by atoms with Gasteiger partial charge < -0.3 is 18.6 Å². The molecule has 0 spiro atoms. The van der Waals surface area contributed by atoms with Crippen molar-refractivity contribution in [2.45, 2.75) is 79.4 Å². The number of benzene rings is 4. The van der Waals surface area contributed by atoms with Crippen LogP contribution in [0.4, 0.5) is 0 Å². The van der Waals surface area contributed by atoms with Crippen LogP contribution in [0.2, 0.25) is 19.6 Å². The third kappa shape index (κ3) is 9.85. The molecule has 10 heteroatoms. The number of aryl methyl sites for hydroxylation is 1. The van der Waals surface area contributed by atoms with E-state index in [9.17, 15) is 8.42 Å². The van der Waals surface area contributed by atoms with Gasteiger partial charge in [0.1, 0.15) is 29.9 Å². The van der Waals surface area contributed by atoms with Crippen molar-refractivity contribution in [1.29, 1.82) is 0 Å². The highest BCUT2D eigenvalue weighted by Crippen LogP contribution is 2.39. The highest BCUT2D eigenvalue weighted by Gasteiger charge is 2.51. The Bertz CT molecular complexity index is 1600. The third-order valence-corrected chi connectivity index (χ3v) is 10.8. The summed E-state index contributed by atoms with van der Waals surface area (Å²) in [6, 6.07) is 36.1. The largest absolute Gasteiger partial charge is 0.409 e. The van der Waals surface area contributed by atoms with Gasteiger partial charge in [-0.15, -0.1) is 0 Å². The van der Waals surface area contributed by atoms with Crippen LogP contribution in [0.25, 0.3) is 0 Å². The first-order valence-electron chi connectivity index (χ1n) is 15.4. The Morgan fingerprint density at radius 3 is 1.87 bits per heavy atom. The lowest BCUT2D eigenvalue weighted by Gasteiger charge is -2.47. The maximum Gasteiger partial charge on any atom is 0.297 e. The molecule has 5 atom stereocenters. The lowest BCUT2D eigenvalue weighted by molar-refractivity contribution is -0.215. The maximum atomic E-state index is 13.8. The molecule has 244 valence electrons. The number of ether oxygens (including phenoxy) is 3. The Kier molecular flexibility index (Phi) is 11.9. The van der Waals surface area contributed by atoms with E-state index in [1.54, 1.807) is 24.3 Å². The fourth-order valence-corrected chi connectivity index (χ4v) is 8.51. The van der Waals surface area contributed by atoms with Crippen molar-refractivity contribution in [2.75, 3.05) is 6.61 Å². The molecule has 0 aromatic heterocycles. The molecule has 7 nitrogen and oxygen atoms in total. The highest BCUT2D eigenvalue weighted by atomic mass is 32.2. The van der Waals surface area contributed by atoms with Crippen LogP contribution >= 0.6 is 11.8 Å². The average Bonchev–Trinajstić information content (AvgIpc) is 3.03. The Labute approximate surface area is 278 Å². The average molecular weight is 679 g/mol. The van der Waals surface area contributed by atoms with Gasteiger partial charge in [0.15, 0.2) is 8.32 Å². The van der Waals surface area contributed by atoms with Crippen molar-refractivity contribution in [3.8, 4) is 0 Å². The van der Waals surface area contributed by atoms with Gasteiger partial charge in [-0.05, 0) is 62.0 Å². The zero-order valence-electron chi connectivity index (χ0n) is 26.7. The first-order valence-corrected chi connectivity index (χ1v) is 21.1. The molecule has 5 rings (SSSR count). The molecule has 1 aliphatic rings. The molecule has 0 amide bonds. The monoisotopic (exact) mass is 678 g/mol. The minimum atomic E-state index is -4.20. The van der Waals surface area contributed by atoms with Gasteiger partial charge in [-0.3, -0.25) is 4.18 Å². The summed E-state index contributed by atoms with van der Waals surface area (Å²) in [7, 11) is -6.43. The fourth-order valence-electron chi connectivity index (χ4n) is 5.12. The quantitative estimate of drug-likeness (QED) is 0.0997. The van der Waals surface area contributed by atoms with Crippen LogP contribution in [-0.4, -0.2) is 53.2 Å². The predicted molar refractivity (Wildman–Crippen MR) is 184 cm³/mol. The van der Waals surface area contributed by atoms with E-state index in [-0.39, 0.29) is 18.1 Å². The zero-order chi connectivity index (χ0) is 32.6. The number of rotatable bonds is 14. The number of hydrogen-bond acceptors (Lipinski definition) is 8. The molecule has 1 saturated heterocycles. The smallest absolute Gasteiger partial charge is 0.297 e. The Morgan fingerprint density at radius 2 is 1.28 bits per heavy atom. The number of thioether (sulfide) groups is 1. The van der Waals surface area contributed by atoms with Gasteiger partial charge in [-0.25, -0.2) is 0 Å². The van der Waals surface area contributed by atoms with Crippen LogP contribution in [0.15, 0.2) is 125 Å². The van der Waals surface area contributed by atoms with Crippen molar-refractivity contribution < 1.29 is 31.2 Å². The van der Waals surface area contributed by atoms with Gasteiger partial charge >= 0.3 is 0 Å². The molecular formula is C36H42O7S2Si. The molecule has 1 heterocycles. The Hall–Kier alpha value is -2.80. The summed E-state index contributed by atoms with van der Waals surface area (Å²) in [5.41, 5.74) is 2.18. The van der Waals surface area contributed by atoms with E-state index in [4.69, 9.17) is 22.8 Å². The molecule has 0 radical (unpaired) electrons. The van der Waals surface area contributed by atoms with Gasteiger partial charge in [-0.2, -0.15) is 8.42 Å². The van der Waals surface area contributed by atoms with Crippen molar-refractivity contribution in [2.24, 2.45) is 0 Å². The molecule has 4 aromatic carbocycles. The van der Waals surface area contributed by atoms with Crippen LogP contribution in [-0.2, 0) is 46.2 Å². The molecule has 0 aliphatic carbocycles. The first-order chi connectivity index (χ1) is 22.1. The minimum absolute atomic E-state index is 0.0688. The molecule has 46 heavy (non-hydrogen) atoms. The van der Waals surface area contributed by atoms with E-state index >= 15 is 0 Å². The normalized spacial score (nSPS) is 22.0. The first kappa shape index (κ1) is 34.5. The van der Waals surface area contributed by atoms with Crippen LogP contribution in [0.3, 0.4) is 0 Å². The summed E-state index contributed by atoms with van der Waals surface area (Å²) in [5.74, 6) is 0. The summed E-state index contributed by atoms with van der Waals surface area (Å²) in [4.78, 5) is 0.975. The molecule has 0 unspecified atom stereocenters. The summed E-state index contributed by atoms with van der Waals surface area (Å²) in [6.45, 7) is 9.03. The van der Waals surface area contributed by atoms with Crippen molar-refractivity contribution in [1.82, 2.24) is 0 Å². The van der Waals surface area contributed by atoms with Gasteiger partial charge in [-0.1, -0.05) is 108 Å². The number of hydrogen-bond donors (Lipinski definition) is 0. The van der Waals surface area contributed by atoms with Crippen LogP contribution in [0, 0.1) is 6.92 Å². The SMILES string of the molecule is Cc1ccc(S(=O)(=O)O[C@H]2[C@@H](OCc3ccccc3)[C@H](O[Si](C)(C)C)[C@@H](COCc3ccccc3)O[C@H]2Sc2ccccc2)cc1. The van der Waals surface area contributed by atoms with Crippen LogP contribution in [0.5, 0.6) is 0 Å². The molecule has 4 aromatic rings.